The van der Waals surface area contributed by atoms with Crippen LogP contribution in [0.2, 0.25) is 0 Å². The lowest BCUT2D eigenvalue weighted by Gasteiger charge is -2.31. The van der Waals surface area contributed by atoms with Gasteiger partial charge in [0.15, 0.2) is 5.17 Å². The van der Waals surface area contributed by atoms with Crippen molar-refractivity contribution in [3.05, 3.63) is 66.1 Å². The summed E-state index contributed by atoms with van der Waals surface area (Å²) in [5, 5.41) is 2.47. The largest absolute Gasteiger partial charge is 0.361 e. The van der Waals surface area contributed by atoms with E-state index in [1.54, 1.807) is 0 Å². The molecule has 5 rings (SSSR count). The van der Waals surface area contributed by atoms with Crippen molar-refractivity contribution >= 4 is 27.8 Å². The number of nitrogens with one attached hydrogen (secondary N) is 1. The predicted molar refractivity (Wildman–Crippen MR) is 104 cm³/mol. The minimum Gasteiger partial charge on any atom is -0.361 e. The van der Waals surface area contributed by atoms with Crippen LogP contribution >= 0.6 is 11.8 Å². The van der Waals surface area contributed by atoms with Crippen molar-refractivity contribution in [2.24, 2.45) is 4.99 Å². The fourth-order valence-corrected chi connectivity index (χ4v) is 5.36. The van der Waals surface area contributed by atoms with Gasteiger partial charge in [-0.3, -0.25) is 9.98 Å². The van der Waals surface area contributed by atoms with Crippen LogP contribution in [0.25, 0.3) is 10.9 Å². The average Bonchev–Trinajstić information content (AvgIpc) is 3.35. The van der Waals surface area contributed by atoms with Crippen LogP contribution in [0.5, 0.6) is 0 Å². The normalized spacial score (nSPS) is 25.4. The van der Waals surface area contributed by atoms with E-state index in [-0.39, 0.29) is 12.1 Å². The van der Waals surface area contributed by atoms with Gasteiger partial charge >= 0.3 is 0 Å². The second kappa shape index (κ2) is 5.92. The van der Waals surface area contributed by atoms with E-state index in [9.17, 15) is 0 Å². The molecule has 0 amide bonds. The zero-order valence-corrected chi connectivity index (χ0v) is 14.9. The number of thioether (sulfide) groups is 1. The molecule has 0 bridgehead atoms. The van der Waals surface area contributed by atoms with Gasteiger partial charge < -0.3 is 9.88 Å². The van der Waals surface area contributed by atoms with Crippen molar-refractivity contribution in [2.75, 3.05) is 5.75 Å². The molecule has 126 valence electrons. The summed E-state index contributed by atoms with van der Waals surface area (Å²) in [6.45, 7) is 2.27. The number of H-pyrrole nitrogens is 1. The van der Waals surface area contributed by atoms with Crippen LogP contribution in [0.3, 0.4) is 0 Å². The van der Waals surface area contributed by atoms with E-state index < -0.39 is 0 Å². The standard InChI is InChI=1S/C20H20N4S/c1-2-13-12-25-20-23-18(17-9-5-6-10-21-17)19(24(13)20)15-11-22-16-8-4-3-7-14(15)16/h3-11,13,18-19,22H,2,12H2,1H3. The zero-order chi connectivity index (χ0) is 16.8. The van der Waals surface area contributed by atoms with Crippen molar-refractivity contribution in [3.8, 4) is 0 Å². The SMILES string of the molecule is CCC1CSC2=NC(c3ccccn3)C(c3c[nH]c4ccccc34)N21. The van der Waals surface area contributed by atoms with Crippen LogP contribution in [-0.2, 0) is 0 Å². The molecule has 3 unspecified atom stereocenters. The molecule has 1 aromatic carbocycles. The van der Waals surface area contributed by atoms with Crippen LogP contribution in [-0.4, -0.2) is 31.8 Å². The van der Waals surface area contributed by atoms with Crippen LogP contribution < -0.4 is 0 Å². The predicted octanol–water partition coefficient (Wildman–Crippen LogP) is 4.54. The molecule has 4 nitrogen and oxygen atoms in total. The molecule has 3 atom stereocenters. The summed E-state index contributed by atoms with van der Waals surface area (Å²) in [7, 11) is 0. The molecule has 2 aliphatic heterocycles. The van der Waals surface area contributed by atoms with Crippen LogP contribution in [0.1, 0.15) is 36.7 Å². The summed E-state index contributed by atoms with van der Waals surface area (Å²) in [5.41, 5.74) is 3.56. The summed E-state index contributed by atoms with van der Waals surface area (Å²) < 4.78 is 0. The third-order valence-corrected chi connectivity index (χ3v) is 6.40. The molecule has 4 heterocycles. The average molecular weight is 348 g/mol. The number of benzene rings is 1. The molecule has 3 aromatic rings. The monoisotopic (exact) mass is 348 g/mol. The lowest BCUT2D eigenvalue weighted by atomic mass is 9.95. The minimum absolute atomic E-state index is 0.0530. The van der Waals surface area contributed by atoms with Crippen molar-refractivity contribution in [2.45, 2.75) is 31.5 Å². The van der Waals surface area contributed by atoms with E-state index in [0.717, 1.165) is 17.9 Å². The molecule has 1 N–H and O–H groups in total. The number of hydrogen-bond acceptors (Lipinski definition) is 4. The highest BCUT2D eigenvalue weighted by molar-refractivity contribution is 8.14. The minimum atomic E-state index is 0.0530. The third-order valence-electron chi connectivity index (χ3n) is 5.27. The van der Waals surface area contributed by atoms with Gasteiger partial charge in [-0.15, -0.1) is 0 Å². The molecule has 2 aliphatic rings. The van der Waals surface area contributed by atoms with Gasteiger partial charge in [-0.05, 0) is 24.6 Å². The topological polar surface area (TPSA) is 44.3 Å². The maximum atomic E-state index is 5.09. The highest BCUT2D eigenvalue weighted by Crippen LogP contribution is 2.49. The molecule has 0 saturated carbocycles. The van der Waals surface area contributed by atoms with Gasteiger partial charge in [0.05, 0.1) is 11.7 Å². The number of amidine groups is 1. The number of hydrogen-bond donors (Lipinski definition) is 1. The number of rotatable bonds is 3. The van der Waals surface area contributed by atoms with Gasteiger partial charge in [0.1, 0.15) is 6.04 Å². The number of pyridine rings is 1. The van der Waals surface area contributed by atoms with Gasteiger partial charge in [-0.1, -0.05) is 43.0 Å². The molecule has 2 aromatic heterocycles. The Kier molecular flexibility index (Phi) is 3.55. The maximum Gasteiger partial charge on any atom is 0.160 e. The Morgan fingerprint density at radius 2 is 2.08 bits per heavy atom. The van der Waals surface area contributed by atoms with Crippen molar-refractivity contribution in [3.63, 3.8) is 0 Å². The first-order valence-corrected chi connectivity index (χ1v) is 9.81. The fourth-order valence-electron chi connectivity index (χ4n) is 4.03. The van der Waals surface area contributed by atoms with Gasteiger partial charge in [-0.2, -0.15) is 0 Å². The highest BCUT2D eigenvalue weighted by Gasteiger charge is 2.46. The van der Waals surface area contributed by atoms with Gasteiger partial charge in [-0.25, -0.2) is 0 Å². The van der Waals surface area contributed by atoms with Gasteiger partial charge in [0.2, 0.25) is 0 Å². The number of fused-ring (bicyclic) bond motifs is 2. The van der Waals surface area contributed by atoms with E-state index in [1.807, 2.05) is 24.0 Å². The second-order valence-corrected chi connectivity index (χ2v) is 7.61. The van der Waals surface area contributed by atoms with E-state index in [1.165, 1.54) is 21.6 Å². The molecular weight excluding hydrogens is 328 g/mol. The number of aliphatic imine (C=N–C) groups is 1. The molecular formula is C20H20N4S. The Morgan fingerprint density at radius 3 is 2.92 bits per heavy atom. The number of aromatic nitrogens is 2. The lowest BCUT2D eigenvalue weighted by molar-refractivity contribution is 0.256. The summed E-state index contributed by atoms with van der Waals surface area (Å²) in [6, 6.07) is 15.5. The zero-order valence-electron chi connectivity index (χ0n) is 14.1. The molecule has 0 spiro atoms. The van der Waals surface area contributed by atoms with E-state index >= 15 is 0 Å². The first kappa shape index (κ1) is 15.0. The number of nitrogens with zero attached hydrogens (tertiary/aromatic N) is 3. The Labute approximate surface area is 151 Å². The van der Waals surface area contributed by atoms with Crippen molar-refractivity contribution < 1.29 is 0 Å². The quantitative estimate of drug-likeness (QED) is 0.755. The first-order chi connectivity index (χ1) is 12.4. The molecule has 25 heavy (non-hydrogen) atoms. The molecule has 1 saturated heterocycles. The summed E-state index contributed by atoms with van der Waals surface area (Å²) in [6.07, 6.45) is 5.18. The first-order valence-electron chi connectivity index (χ1n) is 8.82. The van der Waals surface area contributed by atoms with Gasteiger partial charge in [0.25, 0.3) is 0 Å². The Hall–Kier alpha value is -2.27. The maximum absolute atomic E-state index is 5.09. The highest BCUT2D eigenvalue weighted by atomic mass is 32.2. The number of aromatic amines is 1. The van der Waals surface area contributed by atoms with Gasteiger partial charge in [0, 0.05) is 40.7 Å². The second-order valence-electron chi connectivity index (χ2n) is 6.63. The lowest BCUT2D eigenvalue weighted by Crippen LogP contribution is -2.35. The van der Waals surface area contributed by atoms with Crippen LogP contribution in [0.4, 0.5) is 0 Å². The van der Waals surface area contributed by atoms with Crippen LogP contribution in [0.15, 0.2) is 59.9 Å². The fraction of sp³-hybridized carbons (Fsp3) is 0.300. The summed E-state index contributed by atoms with van der Waals surface area (Å²) >= 11 is 1.89. The Balaban J connectivity index is 1.67. The van der Waals surface area contributed by atoms with Crippen molar-refractivity contribution in [1.82, 2.24) is 14.9 Å². The number of para-hydroxylation sites is 1. The van der Waals surface area contributed by atoms with E-state index in [2.05, 4.69) is 64.4 Å². The Morgan fingerprint density at radius 1 is 1.20 bits per heavy atom. The molecule has 0 radical (unpaired) electrons. The Bertz CT molecular complexity index is 933. The van der Waals surface area contributed by atoms with Crippen LogP contribution in [0, 0.1) is 0 Å². The molecule has 1 fully saturated rings. The van der Waals surface area contributed by atoms with Crippen molar-refractivity contribution in [1.29, 1.82) is 0 Å². The summed E-state index contributed by atoms with van der Waals surface area (Å²) in [5.74, 6) is 1.13. The molecule has 5 heteroatoms. The molecule has 0 aliphatic carbocycles. The third kappa shape index (κ3) is 2.29. The van der Waals surface area contributed by atoms with E-state index in [0.29, 0.717) is 6.04 Å². The summed E-state index contributed by atoms with van der Waals surface area (Å²) in [4.78, 5) is 15.7. The smallest absolute Gasteiger partial charge is 0.160 e. The van der Waals surface area contributed by atoms with E-state index in [4.69, 9.17) is 4.99 Å².